The zero-order valence-corrected chi connectivity index (χ0v) is 11.7. The van der Waals surface area contributed by atoms with Crippen molar-refractivity contribution in [3.8, 4) is 11.4 Å². The van der Waals surface area contributed by atoms with E-state index in [4.69, 9.17) is 4.74 Å². The maximum Gasteiger partial charge on any atom is 0.170 e. The molecule has 1 atom stereocenters. The summed E-state index contributed by atoms with van der Waals surface area (Å²) < 4.78 is 20.1. The van der Waals surface area contributed by atoms with Crippen molar-refractivity contribution >= 4 is 5.78 Å². The van der Waals surface area contributed by atoms with Crippen molar-refractivity contribution in [2.75, 3.05) is 0 Å². The number of halogens is 1. The number of benzene rings is 1. The smallest absolute Gasteiger partial charge is 0.170 e. The molecule has 0 aliphatic carbocycles. The van der Waals surface area contributed by atoms with Crippen LogP contribution in [0.1, 0.15) is 20.8 Å². The number of hydrogen-bond donors (Lipinski definition) is 0. The lowest BCUT2D eigenvalue weighted by Crippen LogP contribution is -2.30. The van der Waals surface area contributed by atoms with Crippen molar-refractivity contribution < 1.29 is 13.9 Å². The van der Waals surface area contributed by atoms with Crippen LogP contribution in [0.25, 0.3) is 5.69 Å². The maximum absolute atomic E-state index is 12.9. The summed E-state index contributed by atoms with van der Waals surface area (Å²) in [7, 11) is 0. The van der Waals surface area contributed by atoms with Gasteiger partial charge in [-0.1, -0.05) is 13.8 Å². The number of ether oxygens (including phenoxy) is 1. The number of nitrogens with zero attached hydrogens (tertiary/aromatic N) is 2. The highest BCUT2D eigenvalue weighted by atomic mass is 19.1. The SMILES string of the molecule is CC(=O)C(Oc1cnn(-c2ccc(F)cc2)c1)C(C)C. The second-order valence-corrected chi connectivity index (χ2v) is 4.99. The summed E-state index contributed by atoms with van der Waals surface area (Å²) in [5.74, 6) is 0.285. The molecule has 1 unspecified atom stereocenters. The van der Waals surface area contributed by atoms with Crippen LogP contribution in [0.4, 0.5) is 4.39 Å². The van der Waals surface area contributed by atoms with Gasteiger partial charge >= 0.3 is 0 Å². The molecule has 0 spiro atoms. The van der Waals surface area contributed by atoms with Crippen molar-refractivity contribution in [1.82, 2.24) is 9.78 Å². The maximum atomic E-state index is 12.9. The molecule has 0 saturated heterocycles. The average molecular weight is 276 g/mol. The largest absolute Gasteiger partial charge is 0.479 e. The van der Waals surface area contributed by atoms with Crippen LogP contribution in [-0.4, -0.2) is 21.7 Å². The van der Waals surface area contributed by atoms with Crippen LogP contribution in [0, 0.1) is 11.7 Å². The molecular weight excluding hydrogens is 259 g/mol. The van der Waals surface area contributed by atoms with Gasteiger partial charge in [0.1, 0.15) is 5.82 Å². The zero-order chi connectivity index (χ0) is 14.7. The van der Waals surface area contributed by atoms with Crippen molar-refractivity contribution in [3.05, 3.63) is 42.5 Å². The molecule has 0 bridgehead atoms. The number of carbonyl (C=O) groups is 1. The van der Waals surface area contributed by atoms with E-state index >= 15 is 0 Å². The summed E-state index contributed by atoms with van der Waals surface area (Å²) in [6.45, 7) is 5.36. The minimum atomic E-state index is -0.485. The van der Waals surface area contributed by atoms with Gasteiger partial charge < -0.3 is 4.74 Å². The Bertz CT molecular complexity index is 590. The number of Topliss-reactive ketones (excluding diaryl/α,β-unsaturated/α-hetero) is 1. The summed E-state index contributed by atoms with van der Waals surface area (Å²) in [5.41, 5.74) is 0.727. The summed E-state index contributed by atoms with van der Waals surface area (Å²) in [4.78, 5) is 11.5. The number of ketones is 1. The fourth-order valence-corrected chi connectivity index (χ4v) is 1.94. The van der Waals surface area contributed by atoms with E-state index in [1.807, 2.05) is 13.8 Å². The molecule has 1 heterocycles. The van der Waals surface area contributed by atoms with E-state index in [2.05, 4.69) is 5.10 Å². The van der Waals surface area contributed by atoms with Crippen LogP contribution in [0.3, 0.4) is 0 Å². The first-order chi connectivity index (χ1) is 9.47. The van der Waals surface area contributed by atoms with Crippen molar-refractivity contribution in [3.63, 3.8) is 0 Å². The predicted molar refractivity (Wildman–Crippen MR) is 73.5 cm³/mol. The standard InChI is InChI=1S/C15H17FN2O2/c1-10(2)15(11(3)19)20-14-8-17-18(9-14)13-6-4-12(16)5-7-13/h4-10,15H,1-3H3. The van der Waals surface area contributed by atoms with Crippen LogP contribution >= 0.6 is 0 Å². The predicted octanol–water partition coefficient (Wildman–Crippen LogP) is 3.00. The fraction of sp³-hybridized carbons (Fsp3) is 0.333. The number of aromatic nitrogens is 2. The fourth-order valence-electron chi connectivity index (χ4n) is 1.94. The first-order valence-corrected chi connectivity index (χ1v) is 6.45. The molecule has 1 aromatic carbocycles. The zero-order valence-electron chi connectivity index (χ0n) is 11.7. The Hall–Kier alpha value is -2.17. The number of carbonyl (C=O) groups excluding carboxylic acids is 1. The Morgan fingerprint density at radius 1 is 1.30 bits per heavy atom. The van der Waals surface area contributed by atoms with Crippen LogP contribution in [0.5, 0.6) is 5.75 Å². The molecule has 4 nitrogen and oxygen atoms in total. The summed E-state index contributed by atoms with van der Waals surface area (Å²) in [5, 5.41) is 4.15. The molecule has 0 N–H and O–H groups in total. The highest BCUT2D eigenvalue weighted by Crippen LogP contribution is 2.18. The van der Waals surface area contributed by atoms with Gasteiger partial charge in [-0.05, 0) is 37.1 Å². The van der Waals surface area contributed by atoms with Gasteiger partial charge in [-0.25, -0.2) is 9.07 Å². The monoisotopic (exact) mass is 276 g/mol. The van der Waals surface area contributed by atoms with Crippen molar-refractivity contribution in [1.29, 1.82) is 0 Å². The van der Waals surface area contributed by atoms with Gasteiger partial charge in [-0.3, -0.25) is 4.79 Å². The number of rotatable bonds is 5. The Labute approximate surface area is 117 Å². The Morgan fingerprint density at radius 2 is 1.95 bits per heavy atom. The highest BCUT2D eigenvalue weighted by molar-refractivity contribution is 5.81. The Kier molecular flexibility index (Phi) is 4.17. The molecule has 0 aliphatic heterocycles. The van der Waals surface area contributed by atoms with Crippen LogP contribution < -0.4 is 4.74 Å². The molecular formula is C15H17FN2O2. The molecule has 2 aromatic rings. The minimum Gasteiger partial charge on any atom is -0.479 e. The molecule has 2 rings (SSSR count). The summed E-state index contributed by atoms with van der Waals surface area (Å²) >= 11 is 0. The van der Waals surface area contributed by atoms with Gasteiger partial charge in [-0.2, -0.15) is 5.10 Å². The normalized spacial score (nSPS) is 12.4. The molecule has 0 radical (unpaired) electrons. The quantitative estimate of drug-likeness (QED) is 0.843. The molecule has 5 heteroatoms. The van der Waals surface area contributed by atoms with Gasteiger partial charge in [0.05, 0.1) is 18.1 Å². The number of hydrogen-bond acceptors (Lipinski definition) is 3. The first kappa shape index (κ1) is 14.2. The van der Waals surface area contributed by atoms with Gasteiger partial charge in [0, 0.05) is 0 Å². The van der Waals surface area contributed by atoms with E-state index in [-0.39, 0.29) is 17.5 Å². The van der Waals surface area contributed by atoms with Crippen LogP contribution in [0.2, 0.25) is 0 Å². The Balaban J connectivity index is 2.16. The minimum absolute atomic E-state index is 0.0190. The first-order valence-electron chi connectivity index (χ1n) is 6.45. The molecule has 106 valence electrons. The molecule has 0 saturated carbocycles. The lowest BCUT2D eigenvalue weighted by molar-refractivity contribution is -0.125. The molecule has 0 amide bonds. The van der Waals surface area contributed by atoms with E-state index in [9.17, 15) is 9.18 Å². The topological polar surface area (TPSA) is 44.1 Å². The van der Waals surface area contributed by atoms with Crippen molar-refractivity contribution in [2.24, 2.45) is 5.92 Å². The van der Waals surface area contributed by atoms with Gasteiger partial charge in [-0.15, -0.1) is 0 Å². The van der Waals surface area contributed by atoms with E-state index in [1.165, 1.54) is 19.1 Å². The lowest BCUT2D eigenvalue weighted by Gasteiger charge is -2.18. The highest BCUT2D eigenvalue weighted by Gasteiger charge is 2.20. The molecule has 0 aliphatic rings. The van der Waals surface area contributed by atoms with E-state index in [0.717, 1.165) is 5.69 Å². The molecule has 1 aromatic heterocycles. The van der Waals surface area contributed by atoms with Gasteiger partial charge in [0.15, 0.2) is 17.6 Å². The second kappa shape index (κ2) is 5.86. The average Bonchev–Trinajstić information content (AvgIpc) is 2.84. The third-order valence-corrected chi connectivity index (χ3v) is 2.92. The summed E-state index contributed by atoms with van der Waals surface area (Å²) in [6, 6.07) is 5.97. The van der Waals surface area contributed by atoms with Crippen LogP contribution in [0.15, 0.2) is 36.7 Å². The summed E-state index contributed by atoms with van der Waals surface area (Å²) in [6.07, 6.45) is 2.73. The third-order valence-electron chi connectivity index (χ3n) is 2.92. The third kappa shape index (κ3) is 3.23. The molecule has 20 heavy (non-hydrogen) atoms. The van der Waals surface area contributed by atoms with E-state index < -0.39 is 6.10 Å². The molecule has 0 fully saturated rings. The van der Waals surface area contributed by atoms with Crippen LogP contribution in [-0.2, 0) is 4.79 Å². The van der Waals surface area contributed by atoms with Gasteiger partial charge in [0.2, 0.25) is 0 Å². The lowest BCUT2D eigenvalue weighted by atomic mass is 10.0. The van der Waals surface area contributed by atoms with Crippen molar-refractivity contribution in [2.45, 2.75) is 26.9 Å². The van der Waals surface area contributed by atoms with E-state index in [1.54, 1.807) is 29.2 Å². The Morgan fingerprint density at radius 3 is 2.50 bits per heavy atom. The second-order valence-electron chi connectivity index (χ2n) is 4.99. The van der Waals surface area contributed by atoms with Gasteiger partial charge in [0.25, 0.3) is 0 Å². The van der Waals surface area contributed by atoms with E-state index in [0.29, 0.717) is 5.75 Å².